The van der Waals surface area contributed by atoms with Crippen molar-refractivity contribution in [2.75, 3.05) is 37.4 Å². The molecule has 3 rings (SSSR count). The van der Waals surface area contributed by atoms with Crippen LogP contribution in [0.2, 0.25) is 0 Å². The minimum Gasteiger partial charge on any atom is -0.378 e. The van der Waals surface area contributed by atoms with E-state index in [4.69, 9.17) is 0 Å². The molecule has 9 heteroatoms. The molecule has 1 N–H and O–H groups in total. The molecule has 0 radical (unpaired) electrons. The van der Waals surface area contributed by atoms with E-state index in [0.29, 0.717) is 18.1 Å². The van der Waals surface area contributed by atoms with E-state index in [0.717, 1.165) is 30.6 Å². The molecule has 1 aliphatic heterocycles. The second-order valence-corrected chi connectivity index (χ2v) is 10.8. The number of hydrogen-bond donors (Lipinski definition) is 1. The summed E-state index contributed by atoms with van der Waals surface area (Å²) in [6, 6.07) is 10.8. The standard InChI is InChI=1S/C21H28N4O3S2/c1-16(21(26)23-17-7-9-18(10-8-17)24(2)3)29-20-12-11-19(15-22-20)30(27,28)25-13-5-4-6-14-25/h7-12,15-16H,4-6,13-14H2,1-3H3,(H,23,26). The van der Waals surface area contributed by atoms with Gasteiger partial charge in [0.2, 0.25) is 15.9 Å². The predicted molar refractivity (Wildman–Crippen MR) is 122 cm³/mol. The lowest BCUT2D eigenvalue weighted by molar-refractivity contribution is -0.115. The first-order chi connectivity index (χ1) is 14.3. The Kier molecular flexibility index (Phi) is 7.38. The summed E-state index contributed by atoms with van der Waals surface area (Å²) >= 11 is 1.29. The smallest absolute Gasteiger partial charge is 0.244 e. The van der Waals surface area contributed by atoms with Crippen LogP contribution in [-0.2, 0) is 14.8 Å². The third kappa shape index (κ3) is 5.53. The lowest BCUT2D eigenvalue weighted by atomic mass is 10.2. The van der Waals surface area contributed by atoms with Crippen molar-refractivity contribution in [1.29, 1.82) is 0 Å². The van der Waals surface area contributed by atoms with Crippen molar-refractivity contribution in [3.8, 4) is 0 Å². The summed E-state index contributed by atoms with van der Waals surface area (Å²) in [5.41, 5.74) is 1.79. The summed E-state index contributed by atoms with van der Waals surface area (Å²) < 4.78 is 26.9. The second kappa shape index (κ2) is 9.80. The Bertz CT molecular complexity index is 955. The molecule has 1 aromatic heterocycles. The molecule has 1 aliphatic rings. The Labute approximate surface area is 182 Å². The number of amides is 1. The van der Waals surface area contributed by atoms with Crippen molar-refractivity contribution in [2.24, 2.45) is 0 Å². The molecular weight excluding hydrogens is 420 g/mol. The van der Waals surface area contributed by atoms with Crippen LogP contribution in [0.5, 0.6) is 0 Å². The number of nitrogens with zero attached hydrogens (tertiary/aromatic N) is 3. The van der Waals surface area contributed by atoms with Crippen LogP contribution >= 0.6 is 11.8 Å². The molecule has 30 heavy (non-hydrogen) atoms. The van der Waals surface area contributed by atoms with Crippen LogP contribution in [0.4, 0.5) is 11.4 Å². The number of carbonyl (C=O) groups excluding carboxylic acids is 1. The molecule has 1 amide bonds. The first kappa shape index (κ1) is 22.6. The van der Waals surface area contributed by atoms with Crippen molar-refractivity contribution in [2.45, 2.75) is 41.4 Å². The largest absolute Gasteiger partial charge is 0.378 e. The molecule has 1 saturated heterocycles. The zero-order chi connectivity index (χ0) is 21.7. The van der Waals surface area contributed by atoms with Crippen LogP contribution in [0.3, 0.4) is 0 Å². The fourth-order valence-corrected chi connectivity index (χ4v) is 5.42. The molecule has 0 bridgehead atoms. The van der Waals surface area contributed by atoms with E-state index in [1.165, 1.54) is 22.3 Å². The van der Waals surface area contributed by atoms with Gasteiger partial charge >= 0.3 is 0 Å². The van der Waals surface area contributed by atoms with Gasteiger partial charge in [-0.1, -0.05) is 18.2 Å². The lowest BCUT2D eigenvalue weighted by Gasteiger charge is -2.25. The lowest BCUT2D eigenvalue weighted by Crippen LogP contribution is -2.35. The van der Waals surface area contributed by atoms with Crippen LogP contribution in [0.15, 0.2) is 52.5 Å². The van der Waals surface area contributed by atoms with Gasteiger partial charge < -0.3 is 10.2 Å². The topological polar surface area (TPSA) is 82.6 Å². The number of pyridine rings is 1. The van der Waals surface area contributed by atoms with Crippen LogP contribution < -0.4 is 10.2 Å². The molecule has 0 saturated carbocycles. The van der Waals surface area contributed by atoms with E-state index in [9.17, 15) is 13.2 Å². The maximum Gasteiger partial charge on any atom is 0.244 e. The van der Waals surface area contributed by atoms with Gasteiger partial charge in [-0.05, 0) is 56.2 Å². The molecule has 1 fully saturated rings. The zero-order valence-corrected chi connectivity index (χ0v) is 19.2. The maximum absolute atomic E-state index is 12.7. The highest BCUT2D eigenvalue weighted by molar-refractivity contribution is 8.00. The van der Waals surface area contributed by atoms with E-state index < -0.39 is 10.0 Å². The quantitative estimate of drug-likeness (QED) is 0.654. The SMILES string of the molecule is CC(Sc1ccc(S(=O)(=O)N2CCCCC2)cn1)C(=O)Nc1ccc(N(C)C)cc1. The average molecular weight is 449 g/mol. The molecule has 0 spiro atoms. The number of hydrogen-bond acceptors (Lipinski definition) is 6. The Morgan fingerprint density at radius 3 is 2.33 bits per heavy atom. The van der Waals surface area contributed by atoms with E-state index >= 15 is 0 Å². The monoisotopic (exact) mass is 448 g/mol. The van der Waals surface area contributed by atoms with Gasteiger partial charge in [0.25, 0.3) is 0 Å². The molecule has 1 unspecified atom stereocenters. The number of benzene rings is 1. The number of rotatable bonds is 7. The summed E-state index contributed by atoms with van der Waals surface area (Å²) in [6.07, 6.45) is 4.24. The van der Waals surface area contributed by atoms with Crippen LogP contribution in [0.1, 0.15) is 26.2 Å². The summed E-state index contributed by atoms with van der Waals surface area (Å²) in [6.45, 7) is 2.92. The van der Waals surface area contributed by atoms with Crippen LogP contribution in [0.25, 0.3) is 0 Å². The fourth-order valence-electron chi connectivity index (χ4n) is 3.16. The summed E-state index contributed by atoms with van der Waals surface area (Å²) in [4.78, 5) is 19.0. The third-order valence-electron chi connectivity index (χ3n) is 4.98. The van der Waals surface area contributed by atoms with E-state index in [1.807, 2.05) is 43.3 Å². The summed E-state index contributed by atoms with van der Waals surface area (Å²) in [7, 11) is 0.426. The van der Waals surface area contributed by atoms with E-state index in [1.54, 1.807) is 19.1 Å². The van der Waals surface area contributed by atoms with Crippen molar-refractivity contribution in [3.63, 3.8) is 0 Å². The number of thioether (sulfide) groups is 1. The Morgan fingerprint density at radius 1 is 1.10 bits per heavy atom. The van der Waals surface area contributed by atoms with Crippen molar-refractivity contribution >= 4 is 39.1 Å². The van der Waals surface area contributed by atoms with Crippen LogP contribution in [0, 0.1) is 0 Å². The molecular formula is C21H28N4O3S2. The van der Waals surface area contributed by atoms with Gasteiger partial charge in [-0.15, -0.1) is 0 Å². The number of aromatic nitrogens is 1. The van der Waals surface area contributed by atoms with E-state index in [-0.39, 0.29) is 16.1 Å². The second-order valence-electron chi connectivity index (χ2n) is 7.49. The number of anilines is 2. The number of nitrogens with one attached hydrogen (secondary N) is 1. The van der Waals surface area contributed by atoms with Gasteiger partial charge in [0.1, 0.15) is 4.90 Å². The summed E-state index contributed by atoms with van der Waals surface area (Å²) in [5, 5.41) is 3.13. The van der Waals surface area contributed by atoms with Gasteiger partial charge in [-0.25, -0.2) is 13.4 Å². The van der Waals surface area contributed by atoms with Crippen molar-refractivity contribution in [3.05, 3.63) is 42.6 Å². The van der Waals surface area contributed by atoms with Crippen LogP contribution in [-0.4, -0.2) is 56.0 Å². The third-order valence-corrected chi connectivity index (χ3v) is 7.91. The highest BCUT2D eigenvalue weighted by Crippen LogP contribution is 2.25. The maximum atomic E-state index is 12.7. The number of piperidine rings is 1. The van der Waals surface area contributed by atoms with Gasteiger partial charge in [0.05, 0.1) is 10.3 Å². The van der Waals surface area contributed by atoms with Gasteiger partial charge in [-0.2, -0.15) is 4.31 Å². The Balaban J connectivity index is 1.59. The minimum absolute atomic E-state index is 0.135. The first-order valence-electron chi connectivity index (χ1n) is 9.98. The molecule has 7 nitrogen and oxygen atoms in total. The summed E-state index contributed by atoms with van der Waals surface area (Å²) in [5.74, 6) is -0.135. The molecule has 2 aromatic rings. The zero-order valence-electron chi connectivity index (χ0n) is 17.5. The molecule has 0 aliphatic carbocycles. The Hall–Kier alpha value is -2.10. The average Bonchev–Trinajstić information content (AvgIpc) is 2.75. The molecule has 2 heterocycles. The Morgan fingerprint density at radius 2 is 1.77 bits per heavy atom. The first-order valence-corrected chi connectivity index (χ1v) is 12.3. The fraction of sp³-hybridized carbons (Fsp3) is 0.429. The minimum atomic E-state index is -3.50. The molecule has 162 valence electrons. The van der Waals surface area contributed by atoms with Gasteiger partial charge in [0, 0.05) is 44.8 Å². The van der Waals surface area contributed by atoms with Gasteiger partial charge in [-0.3, -0.25) is 4.79 Å². The van der Waals surface area contributed by atoms with Gasteiger partial charge in [0.15, 0.2) is 0 Å². The molecule has 1 atom stereocenters. The van der Waals surface area contributed by atoms with Crippen molar-refractivity contribution in [1.82, 2.24) is 9.29 Å². The highest BCUT2D eigenvalue weighted by atomic mass is 32.2. The van der Waals surface area contributed by atoms with Crippen molar-refractivity contribution < 1.29 is 13.2 Å². The normalized spacial score (nSPS) is 16.1. The predicted octanol–water partition coefficient (Wildman–Crippen LogP) is 3.44. The number of sulfonamides is 1. The number of carbonyl (C=O) groups is 1. The highest BCUT2D eigenvalue weighted by Gasteiger charge is 2.26. The molecule has 1 aromatic carbocycles. The van der Waals surface area contributed by atoms with E-state index in [2.05, 4.69) is 10.3 Å².